The van der Waals surface area contributed by atoms with E-state index in [1.165, 1.54) is 12.1 Å². The summed E-state index contributed by atoms with van der Waals surface area (Å²) < 4.78 is 44.3. The van der Waals surface area contributed by atoms with Crippen LogP contribution >= 0.6 is 0 Å². The average molecular weight is 863 g/mol. The first kappa shape index (κ1) is 40.2. The van der Waals surface area contributed by atoms with Crippen molar-refractivity contribution >= 4 is 21.8 Å². The molecule has 0 spiro atoms. The highest BCUT2D eigenvalue weighted by molar-refractivity contribution is 6.11. The SMILES string of the molecule is Cc1cc(-c2ccc3c(c2)c2ccccc2n3-c2ccc(-c3cc(-c4ccccc4)nc(-c4ccccc4)n3)cc2-c2nc(-c3ccccc3)nc(-c3ccccc3)n2)cc(C(F)(F)F)c1. The van der Waals surface area contributed by atoms with Crippen molar-refractivity contribution in [3.05, 3.63) is 217 Å². The molecular weight excluding hydrogens is 826 g/mol. The van der Waals surface area contributed by atoms with Crippen LogP contribution in [0.2, 0.25) is 0 Å². The third-order valence-electron chi connectivity index (χ3n) is 11.7. The van der Waals surface area contributed by atoms with Gasteiger partial charge in [-0.05, 0) is 72.1 Å². The smallest absolute Gasteiger partial charge is 0.309 e. The zero-order chi connectivity index (χ0) is 44.8. The molecule has 11 rings (SSSR count). The second kappa shape index (κ2) is 16.5. The van der Waals surface area contributed by atoms with Gasteiger partial charge in [-0.25, -0.2) is 24.9 Å². The van der Waals surface area contributed by atoms with E-state index < -0.39 is 11.7 Å². The van der Waals surface area contributed by atoms with Gasteiger partial charge in [-0.2, -0.15) is 13.2 Å². The Morgan fingerprint density at radius 3 is 1.47 bits per heavy atom. The van der Waals surface area contributed by atoms with Crippen LogP contribution in [0.25, 0.3) is 107 Å². The number of aryl methyl sites for hydroxylation is 1. The molecule has 0 aliphatic rings. The van der Waals surface area contributed by atoms with E-state index in [9.17, 15) is 13.2 Å². The largest absolute Gasteiger partial charge is 0.416 e. The highest BCUT2D eigenvalue weighted by Crippen LogP contribution is 2.41. The average Bonchev–Trinajstić information content (AvgIpc) is 3.70. The van der Waals surface area contributed by atoms with Gasteiger partial charge in [0.15, 0.2) is 23.3 Å². The number of aromatic nitrogens is 6. The van der Waals surface area contributed by atoms with Gasteiger partial charge in [0.2, 0.25) is 0 Å². The fraction of sp³-hybridized carbons (Fsp3) is 0.0351. The minimum Gasteiger partial charge on any atom is -0.309 e. The predicted octanol–water partition coefficient (Wildman–Crippen LogP) is 14.8. The molecule has 0 aliphatic carbocycles. The van der Waals surface area contributed by atoms with E-state index in [-0.39, 0.29) is 0 Å². The Hall–Kier alpha value is -8.56. The minimum atomic E-state index is -4.47. The van der Waals surface area contributed by atoms with Gasteiger partial charge in [0.25, 0.3) is 0 Å². The summed E-state index contributed by atoms with van der Waals surface area (Å²) in [6, 6.07) is 66.1. The maximum Gasteiger partial charge on any atom is 0.416 e. The van der Waals surface area contributed by atoms with Gasteiger partial charge in [0.1, 0.15) is 0 Å². The molecule has 0 radical (unpaired) electrons. The Kier molecular flexibility index (Phi) is 10.1. The highest BCUT2D eigenvalue weighted by atomic mass is 19.4. The van der Waals surface area contributed by atoms with Crippen LogP contribution in [-0.2, 0) is 6.18 Å². The lowest BCUT2D eigenvalue weighted by Gasteiger charge is -2.17. The van der Waals surface area contributed by atoms with Gasteiger partial charge in [-0.15, -0.1) is 0 Å². The zero-order valence-corrected chi connectivity index (χ0v) is 35.4. The van der Waals surface area contributed by atoms with Gasteiger partial charge < -0.3 is 4.57 Å². The van der Waals surface area contributed by atoms with Crippen LogP contribution in [0.1, 0.15) is 11.1 Å². The summed E-state index contributed by atoms with van der Waals surface area (Å²) in [4.78, 5) is 25.7. The van der Waals surface area contributed by atoms with E-state index in [1.54, 1.807) is 13.0 Å². The van der Waals surface area contributed by atoms with E-state index in [2.05, 4.69) is 28.8 Å². The summed E-state index contributed by atoms with van der Waals surface area (Å²) in [5.41, 5.74) is 10.1. The number of halogens is 3. The Bertz CT molecular complexity index is 3460. The molecule has 9 heteroatoms. The quantitative estimate of drug-likeness (QED) is 0.152. The van der Waals surface area contributed by atoms with E-state index in [0.29, 0.717) is 51.2 Å². The van der Waals surface area contributed by atoms with Crippen LogP contribution in [0.5, 0.6) is 0 Å². The molecule has 0 aliphatic heterocycles. The second-order valence-electron chi connectivity index (χ2n) is 16.1. The van der Waals surface area contributed by atoms with Crippen molar-refractivity contribution in [1.29, 1.82) is 0 Å². The minimum absolute atomic E-state index is 0.446. The number of hydrogen-bond acceptors (Lipinski definition) is 5. The molecule has 0 amide bonds. The topological polar surface area (TPSA) is 69.4 Å². The summed E-state index contributed by atoms with van der Waals surface area (Å²) in [5.74, 6) is 2.06. The Morgan fingerprint density at radius 1 is 0.364 bits per heavy atom. The Balaban J connectivity index is 1.18. The first-order valence-electron chi connectivity index (χ1n) is 21.5. The number of para-hydroxylation sites is 1. The van der Waals surface area contributed by atoms with Gasteiger partial charge in [-0.1, -0.05) is 158 Å². The van der Waals surface area contributed by atoms with Crippen LogP contribution in [-0.4, -0.2) is 29.5 Å². The lowest BCUT2D eigenvalue weighted by atomic mass is 9.98. The third-order valence-corrected chi connectivity index (χ3v) is 11.7. The number of rotatable bonds is 8. The molecule has 66 heavy (non-hydrogen) atoms. The van der Waals surface area contributed by atoms with Crippen molar-refractivity contribution in [2.45, 2.75) is 13.1 Å². The first-order chi connectivity index (χ1) is 32.2. The molecule has 0 saturated carbocycles. The number of fused-ring (bicyclic) bond motifs is 3. The van der Waals surface area contributed by atoms with E-state index >= 15 is 0 Å². The van der Waals surface area contributed by atoms with Crippen molar-refractivity contribution in [2.24, 2.45) is 0 Å². The van der Waals surface area contributed by atoms with Crippen molar-refractivity contribution in [1.82, 2.24) is 29.5 Å². The molecule has 8 aromatic carbocycles. The summed E-state index contributed by atoms with van der Waals surface area (Å²) in [6.07, 6.45) is -4.47. The normalized spacial score (nSPS) is 11.6. The lowest BCUT2D eigenvalue weighted by Crippen LogP contribution is -2.05. The molecule has 0 atom stereocenters. The monoisotopic (exact) mass is 862 g/mol. The van der Waals surface area contributed by atoms with E-state index in [1.807, 2.05) is 164 Å². The first-order valence-corrected chi connectivity index (χ1v) is 21.5. The maximum absolute atomic E-state index is 14.0. The molecular formula is C57H37F3N6. The van der Waals surface area contributed by atoms with E-state index in [4.69, 9.17) is 24.9 Å². The molecule has 316 valence electrons. The maximum atomic E-state index is 14.0. The van der Waals surface area contributed by atoms with Crippen molar-refractivity contribution < 1.29 is 13.2 Å². The second-order valence-corrected chi connectivity index (χ2v) is 16.1. The number of nitrogens with zero attached hydrogens (tertiary/aromatic N) is 6. The fourth-order valence-electron chi connectivity index (χ4n) is 8.59. The van der Waals surface area contributed by atoms with Crippen LogP contribution in [0.4, 0.5) is 13.2 Å². The fourth-order valence-corrected chi connectivity index (χ4v) is 8.59. The summed E-state index contributed by atoms with van der Waals surface area (Å²) in [6.45, 7) is 1.69. The van der Waals surface area contributed by atoms with Crippen molar-refractivity contribution in [3.63, 3.8) is 0 Å². The molecule has 0 unspecified atom stereocenters. The van der Waals surface area contributed by atoms with Gasteiger partial charge in [-0.3, -0.25) is 0 Å². The predicted molar refractivity (Wildman–Crippen MR) is 258 cm³/mol. The van der Waals surface area contributed by atoms with Gasteiger partial charge >= 0.3 is 6.18 Å². The van der Waals surface area contributed by atoms with Crippen molar-refractivity contribution in [3.8, 4) is 84.9 Å². The molecule has 0 N–H and O–H groups in total. The third kappa shape index (κ3) is 7.66. The lowest BCUT2D eigenvalue weighted by molar-refractivity contribution is -0.137. The van der Waals surface area contributed by atoms with Crippen LogP contribution in [0.15, 0.2) is 206 Å². The molecule has 0 bridgehead atoms. The standard InChI is InChI=1S/C57H37F3N6/c1-36-30-43(32-44(31-36)57(58,59)60)41-26-28-51-46(33-41)45-24-14-15-25-50(45)66(51)52-29-27-42(49-35-48(37-16-6-2-7-17-37)61-53(62-49)38-18-8-3-9-19-38)34-47(52)56-64-54(39-20-10-4-11-21-39)63-55(65-56)40-22-12-5-13-23-40/h2-35H,1H3. The summed E-state index contributed by atoms with van der Waals surface area (Å²) >= 11 is 0. The van der Waals surface area contributed by atoms with Crippen LogP contribution in [0, 0.1) is 6.92 Å². The molecule has 11 aromatic rings. The molecule has 0 fully saturated rings. The van der Waals surface area contributed by atoms with Crippen molar-refractivity contribution in [2.75, 3.05) is 0 Å². The highest BCUT2D eigenvalue weighted by Gasteiger charge is 2.31. The van der Waals surface area contributed by atoms with Gasteiger partial charge in [0, 0.05) is 44.2 Å². The van der Waals surface area contributed by atoms with Crippen LogP contribution < -0.4 is 0 Å². The number of hydrogen-bond donors (Lipinski definition) is 0. The molecule has 6 nitrogen and oxygen atoms in total. The molecule has 0 saturated heterocycles. The number of alkyl halides is 3. The van der Waals surface area contributed by atoms with Gasteiger partial charge in [0.05, 0.1) is 33.7 Å². The molecule has 3 heterocycles. The van der Waals surface area contributed by atoms with Crippen LogP contribution in [0.3, 0.4) is 0 Å². The summed E-state index contributed by atoms with van der Waals surface area (Å²) in [5, 5.41) is 1.82. The van der Waals surface area contributed by atoms with E-state index in [0.717, 1.165) is 61.0 Å². The Morgan fingerprint density at radius 2 is 0.864 bits per heavy atom. The molecule has 3 aromatic heterocycles. The zero-order valence-electron chi connectivity index (χ0n) is 35.4. The summed E-state index contributed by atoms with van der Waals surface area (Å²) in [7, 11) is 0. The Labute approximate surface area is 378 Å². The number of benzene rings is 8.